The topological polar surface area (TPSA) is 75.4 Å². The summed E-state index contributed by atoms with van der Waals surface area (Å²) in [4.78, 5) is 25.0. The van der Waals surface area contributed by atoms with Crippen molar-refractivity contribution in [3.05, 3.63) is 29.6 Å². The average molecular weight is 279 g/mol. The molecular formula is C14H18FN3O2. The van der Waals surface area contributed by atoms with E-state index >= 15 is 0 Å². The van der Waals surface area contributed by atoms with E-state index in [2.05, 4.69) is 5.32 Å². The van der Waals surface area contributed by atoms with Gasteiger partial charge in [-0.2, -0.15) is 0 Å². The second kappa shape index (κ2) is 5.90. The van der Waals surface area contributed by atoms with E-state index in [4.69, 9.17) is 5.73 Å². The fourth-order valence-corrected chi connectivity index (χ4v) is 2.49. The lowest BCUT2D eigenvalue weighted by Gasteiger charge is -2.33. The van der Waals surface area contributed by atoms with Gasteiger partial charge >= 0.3 is 0 Å². The summed E-state index contributed by atoms with van der Waals surface area (Å²) in [6.07, 6.45) is 1.65. The zero-order valence-electron chi connectivity index (χ0n) is 11.4. The number of halogens is 1. The molecule has 1 aromatic carbocycles. The van der Waals surface area contributed by atoms with Gasteiger partial charge in [0.25, 0.3) is 5.91 Å². The molecule has 108 valence electrons. The van der Waals surface area contributed by atoms with Crippen molar-refractivity contribution >= 4 is 17.5 Å². The molecule has 1 heterocycles. The number of piperidine rings is 1. The van der Waals surface area contributed by atoms with E-state index in [9.17, 15) is 14.0 Å². The summed E-state index contributed by atoms with van der Waals surface area (Å²) >= 11 is 0. The van der Waals surface area contributed by atoms with Crippen LogP contribution >= 0.6 is 0 Å². The third-order valence-corrected chi connectivity index (χ3v) is 3.28. The monoisotopic (exact) mass is 279 g/mol. The normalized spacial score (nSPS) is 18.7. The largest absolute Gasteiger partial charge is 0.399 e. The van der Waals surface area contributed by atoms with Crippen molar-refractivity contribution in [1.82, 2.24) is 10.2 Å². The van der Waals surface area contributed by atoms with Crippen molar-refractivity contribution in [1.29, 1.82) is 0 Å². The molecule has 2 rings (SSSR count). The minimum atomic E-state index is -0.524. The van der Waals surface area contributed by atoms with Gasteiger partial charge in [0.15, 0.2) is 0 Å². The second-order valence-corrected chi connectivity index (χ2v) is 5.06. The molecule has 2 amide bonds. The number of amides is 2. The van der Waals surface area contributed by atoms with Crippen LogP contribution in [0.5, 0.6) is 0 Å². The Morgan fingerprint density at radius 3 is 2.80 bits per heavy atom. The molecule has 1 fully saturated rings. The maximum Gasteiger partial charge on any atom is 0.254 e. The third-order valence-electron chi connectivity index (χ3n) is 3.28. The summed E-state index contributed by atoms with van der Waals surface area (Å²) < 4.78 is 13.3. The van der Waals surface area contributed by atoms with Gasteiger partial charge in [-0.1, -0.05) is 0 Å². The predicted molar refractivity (Wildman–Crippen MR) is 73.6 cm³/mol. The molecule has 1 atom stereocenters. The predicted octanol–water partition coefficient (Wildman–Crippen LogP) is 1.15. The van der Waals surface area contributed by atoms with Gasteiger partial charge in [0.1, 0.15) is 5.82 Å². The molecule has 0 aliphatic carbocycles. The molecule has 0 saturated carbocycles. The number of carbonyl (C=O) groups is 2. The van der Waals surface area contributed by atoms with Gasteiger partial charge in [0.05, 0.1) is 0 Å². The number of likely N-dealkylation sites (tertiary alicyclic amines) is 1. The van der Waals surface area contributed by atoms with Gasteiger partial charge in [0, 0.05) is 37.3 Å². The molecule has 1 aliphatic heterocycles. The Hall–Kier alpha value is -2.11. The van der Waals surface area contributed by atoms with E-state index in [-0.39, 0.29) is 29.1 Å². The van der Waals surface area contributed by atoms with Gasteiger partial charge in [-0.05, 0) is 31.0 Å². The fourth-order valence-electron chi connectivity index (χ4n) is 2.49. The van der Waals surface area contributed by atoms with E-state index in [1.807, 2.05) is 0 Å². The lowest BCUT2D eigenvalue weighted by molar-refractivity contribution is -0.120. The minimum Gasteiger partial charge on any atom is -0.399 e. The fraction of sp³-hybridized carbons (Fsp3) is 0.429. The van der Waals surface area contributed by atoms with Crippen LogP contribution in [0, 0.1) is 5.82 Å². The van der Waals surface area contributed by atoms with Gasteiger partial charge in [0.2, 0.25) is 5.91 Å². The Morgan fingerprint density at radius 1 is 1.40 bits per heavy atom. The van der Waals surface area contributed by atoms with Crippen molar-refractivity contribution in [2.24, 2.45) is 0 Å². The van der Waals surface area contributed by atoms with Crippen LogP contribution < -0.4 is 11.1 Å². The number of benzene rings is 1. The smallest absolute Gasteiger partial charge is 0.254 e. The van der Waals surface area contributed by atoms with Crippen LogP contribution in [0.1, 0.15) is 30.1 Å². The zero-order valence-corrected chi connectivity index (χ0v) is 11.4. The molecule has 0 bridgehead atoms. The Morgan fingerprint density at radius 2 is 2.15 bits per heavy atom. The number of hydrogen-bond acceptors (Lipinski definition) is 3. The molecule has 6 heteroatoms. The number of hydrogen-bond donors (Lipinski definition) is 2. The SMILES string of the molecule is CC(=O)NC1CCCN(C(=O)c2cc(N)cc(F)c2)C1. The first kappa shape index (κ1) is 14.3. The summed E-state index contributed by atoms with van der Waals surface area (Å²) in [6, 6.07) is 3.78. The van der Waals surface area contributed by atoms with E-state index in [0.29, 0.717) is 13.1 Å². The van der Waals surface area contributed by atoms with E-state index in [1.165, 1.54) is 25.1 Å². The van der Waals surface area contributed by atoms with Crippen LogP contribution in [0.4, 0.5) is 10.1 Å². The van der Waals surface area contributed by atoms with Gasteiger partial charge in [-0.15, -0.1) is 0 Å². The van der Waals surface area contributed by atoms with E-state index < -0.39 is 5.82 Å². The van der Waals surface area contributed by atoms with Crippen molar-refractivity contribution in [3.8, 4) is 0 Å². The first-order valence-electron chi connectivity index (χ1n) is 6.58. The van der Waals surface area contributed by atoms with E-state index in [0.717, 1.165) is 12.8 Å². The minimum absolute atomic E-state index is 0.0453. The highest BCUT2D eigenvalue weighted by atomic mass is 19.1. The average Bonchev–Trinajstić information content (AvgIpc) is 2.36. The summed E-state index contributed by atoms with van der Waals surface area (Å²) in [5.74, 6) is -0.894. The number of nitrogens with two attached hydrogens (primary N) is 1. The number of nitrogen functional groups attached to an aromatic ring is 1. The first-order chi connectivity index (χ1) is 9.45. The summed E-state index contributed by atoms with van der Waals surface area (Å²) in [7, 11) is 0. The number of nitrogens with zero attached hydrogens (tertiary/aromatic N) is 1. The number of anilines is 1. The van der Waals surface area contributed by atoms with Gasteiger partial charge in [-0.3, -0.25) is 9.59 Å². The molecule has 0 aromatic heterocycles. The number of nitrogens with one attached hydrogen (secondary N) is 1. The highest BCUT2D eigenvalue weighted by Gasteiger charge is 2.25. The molecule has 1 aromatic rings. The first-order valence-corrected chi connectivity index (χ1v) is 6.58. The van der Waals surface area contributed by atoms with Crippen LogP contribution in [0.25, 0.3) is 0 Å². The van der Waals surface area contributed by atoms with Gasteiger partial charge < -0.3 is 16.0 Å². The maximum absolute atomic E-state index is 13.3. The Kier molecular flexibility index (Phi) is 4.22. The van der Waals surface area contributed by atoms with Crippen LogP contribution in [-0.2, 0) is 4.79 Å². The van der Waals surface area contributed by atoms with Crippen molar-refractivity contribution in [2.45, 2.75) is 25.8 Å². The molecule has 1 unspecified atom stereocenters. The Labute approximate surface area is 116 Å². The maximum atomic E-state index is 13.3. The standard InChI is InChI=1S/C14H18FN3O2/c1-9(19)17-13-3-2-4-18(8-13)14(20)10-5-11(15)7-12(16)6-10/h5-7,13H,2-4,8,16H2,1H3,(H,17,19). The molecule has 5 nitrogen and oxygen atoms in total. The van der Waals surface area contributed by atoms with Crippen LogP contribution in [0.15, 0.2) is 18.2 Å². The van der Waals surface area contributed by atoms with Crippen LogP contribution in [0.2, 0.25) is 0 Å². The van der Waals surface area contributed by atoms with Crippen molar-refractivity contribution < 1.29 is 14.0 Å². The summed E-state index contributed by atoms with van der Waals surface area (Å²) in [5.41, 5.74) is 6.02. The quantitative estimate of drug-likeness (QED) is 0.797. The highest BCUT2D eigenvalue weighted by Crippen LogP contribution is 2.17. The van der Waals surface area contributed by atoms with Crippen LogP contribution in [-0.4, -0.2) is 35.8 Å². The third kappa shape index (κ3) is 3.46. The van der Waals surface area contributed by atoms with Crippen molar-refractivity contribution in [2.75, 3.05) is 18.8 Å². The Bertz CT molecular complexity index is 513. The van der Waals surface area contributed by atoms with E-state index in [1.54, 1.807) is 4.90 Å². The van der Waals surface area contributed by atoms with Crippen LogP contribution in [0.3, 0.4) is 0 Å². The molecule has 0 radical (unpaired) electrons. The summed E-state index contributed by atoms with van der Waals surface area (Å²) in [5, 5.41) is 2.81. The zero-order chi connectivity index (χ0) is 14.7. The lowest BCUT2D eigenvalue weighted by atomic mass is 10.0. The summed E-state index contributed by atoms with van der Waals surface area (Å²) in [6.45, 7) is 2.49. The molecule has 0 spiro atoms. The number of rotatable bonds is 2. The molecule has 1 aliphatic rings. The highest BCUT2D eigenvalue weighted by molar-refractivity contribution is 5.95. The van der Waals surface area contributed by atoms with Crippen molar-refractivity contribution in [3.63, 3.8) is 0 Å². The molecular weight excluding hydrogens is 261 g/mol. The number of carbonyl (C=O) groups excluding carboxylic acids is 2. The molecule has 1 saturated heterocycles. The molecule has 3 N–H and O–H groups in total. The second-order valence-electron chi connectivity index (χ2n) is 5.06. The van der Waals surface area contributed by atoms with Gasteiger partial charge in [-0.25, -0.2) is 4.39 Å². The Balaban J connectivity index is 2.10. The lowest BCUT2D eigenvalue weighted by Crippen LogP contribution is -2.49. The molecule has 20 heavy (non-hydrogen) atoms.